The van der Waals surface area contributed by atoms with Gasteiger partial charge in [0.25, 0.3) is 0 Å². The molecule has 0 unspecified atom stereocenters. The Hall–Kier alpha value is -2.21. The first-order valence-corrected chi connectivity index (χ1v) is 10.6. The monoisotopic (exact) mass is 425 g/mol. The Balaban J connectivity index is 1.61. The van der Waals surface area contributed by atoms with Gasteiger partial charge in [0, 0.05) is 27.7 Å². The lowest BCUT2D eigenvalue weighted by Crippen LogP contribution is -2.23. The van der Waals surface area contributed by atoms with E-state index in [9.17, 15) is 0 Å². The van der Waals surface area contributed by atoms with E-state index >= 15 is 0 Å². The Morgan fingerprint density at radius 1 is 1.07 bits per heavy atom. The summed E-state index contributed by atoms with van der Waals surface area (Å²) in [4.78, 5) is 7.19. The van der Waals surface area contributed by atoms with Gasteiger partial charge in [0.2, 0.25) is 0 Å². The number of aliphatic imine (C=N–C) groups is 1. The zero-order valence-corrected chi connectivity index (χ0v) is 17.7. The summed E-state index contributed by atoms with van der Waals surface area (Å²) in [5.41, 5.74) is 3.68. The molecule has 0 N–H and O–H groups in total. The summed E-state index contributed by atoms with van der Waals surface area (Å²) in [6, 6.07) is 13.6. The van der Waals surface area contributed by atoms with Crippen LogP contribution < -0.4 is 0 Å². The van der Waals surface area contributed by atoms with E-state index in [2.05, 4.69) is 26.7 Å². The predicted octanol–water partition coefficient (Wildman–Crippen LogP) is 4.77. The maximum atomic E-state index is 6.50. The van der Waals surface area contributed by atoms with Crippen molar-refractivity contribution < 1.29 is 0 Å². The van der Waals surface area contributed by atoms with Crippen molar-refractivity contribution in [1.29, 1.82) is 0 Å². The summed E-state index contributed by atoms with van der Waals surface area (Å²) in [5.74, 6) is 2.54. The molecular formula is C22H21Cl2N5. The summed E-state index contributed by atoms with van der Waals surface area (Å²) in [6.07, 6.45) is 2.66. The molecule has 2 aliphatic rings. The van der Waals surface area contributed by atoms with Gasteiger partial charge in [-0.05, 0) is 50.1 Å². The third-order valence-electron chi connectivity index (χ3n) is 5.44. The molecular weight excluding hydrogens is 405 g/mol. The number of halogens is 2. The molecule has 0 spiro atoms. The summed E-state index contributed by atoms with van der Waals surface area (Å²) < 4.78 is 2.11. The highest BCUT2D eigenvalue weighted by Crippen LogP contribution is 2.32. The van der Waals surface area contributed by atoms with E-state index in [1.165, 1.54) is 12.8 Å². The average Bonchev–Trinajstić information content (AvgIpc) is 3.45. The zero-order valence-electron chi connectivity index (χ0n) is 16.1. The summed E-state index contributed by atoms with van der Waals surface area (Å²) in [6.45, 7) is 2.26. The predicted molar refractivity (Wildman–Crippen MR) is 116 cm³/mol. The van der Waals surface area contributed by atoms with Crippen molar-refractivity contribution in [3.05, 3.63) is 75.3 Å². The molecule has 29 heavy (non-hydrogen) atoms. The lowest BCUT2D eigenvalue weighted by atomic mass is 10.0. The molecule has 0 amide bonds. The van der Waals surface area contributed by atoms with E-state index in [0.29, 0.717) is 16.6 Å². The molecule has 0 saturated heterocycles. The molecule has 0 radical (unpaired) electrons. The zero-order chi connectivity index (χ0) is 20.0. The third-order valence-corrected chi connectivity index (χ3v) is 6.00. The lowest BCUT2D eigenvalue weighted by Gasteiger charge is -2.18. The van der Waals surface area contributed by atoms with Gasteiger partial charge in [-0.3, -0.25) is 14.5 Å². The van der Waals surface area contributed by atoms with Gasteiger partial charge in [0.05, 0.1) is 17.9 Å². The maximum absolute atomic E-state index is 6.50. The van der Waals surface area contributed by atoms with Crippen LogP contribution in [0.15, 0.2) is 47.5 Å². The van der Waals surface area contributed by atoms with Crippen LogP contribution in [0.5, 0.6) is 0 Å². The van der Waals surface area contributed by atoms with E-state index in [-0.39, 0.29) is 0 Å². The highest BCUT2D eigenvalue weighted by molar-refractivity contribution is 6.36. The summed E-state index contributed by atoms with van der Waals surface area (Å²) in [7, 11) is 2.14. The Bertz CT molecular complexity index is 1100. The largest absolute Gasteiger partial charge is 0.299 e. The van der Waals surface area contributed by atoms with Crippen molar-refractivity contribution >= 4 is 28.9 Å². The van der Waals surface area contributed by atoms with Gasteiger partial charge < -0.3 is 0 Å². The molecule has 1 saturated carbocycles. The second kappa shape index (κ2) is 7.56. The molecule has 1 aromatic heterocycles. The minimum atomic E-state index is 0.437. The van der Waals surface area contributed by atoms with Crippen molar-refractivity contribution in [2.75, 3.05) is 13.6 Å². The second-order valence-corrected chi connectivity index (χ2v) is 8.66. The summed E-state index contributed by atoms with van der Waals surface area (Å²) in [5, 5.41) is 10.3. The van der Waals surface area contributed by atoms with Crippen molar-refractivity contribution in [3.63, 3.8) is 0 Å². The number of hydrogen-bond acceptors (Lipinski definition) is 4. The van der Waals surface area contributed by atoms with Crippen LogP contribution in [0.3, 0.4) is 0 Å². The van der Waals surface area contributed by atoms with E-state index in [0.717, 1.165) is 53.2 Å². The van der Waals surface area contributed by atoms with Crippen LogP contribution in [0.25, 0.3) is 5.69 Å². The molecule has 5 rings (SSSR count). The van der Waals surface area contributed by atoms with E-state index in [1.807, 2.05) is 42.5 Å². The van der Waals surface area contributed by atoms with Crippen molar-refractivity contribution in [1.82, 2.24) is 19.7 Å². The smallest absolute Gasteiger partial charge is 0.159 e. The van der Waals surface area contributed by atoms with Crippen LogP contribution in [0.1, 0.15) is 35.6 Å². The fraction of sp³-hybridized carbons (Fsp3) is 0.318. The van der Waals surface area contributed by atoms with Crippen LogP contribution in [0, 0.1) is 5.92 Å². The van der Waals surface area contributed by atoms with Crippen LogP contribution in [0.4, 0.5) is 0 Å². The Morgan fingerprint density at radius 3 is 2.69 bits per heavy atom. The van der Waals surface area contributed by atoms with Crippen LogP contribution in [0.2, 0.25) is 10.0 Å². The van der Waals surface area contributed by atoms with Gasteiger partial charge in [0.1, 0.15) is 6.54 Å². The van der Waals surface area contributed by atoms with Gasteiger partial charge in [-0.15, -0.1) is 10.2 Å². The Labute approximate surface area is 180 Å². The van der Waals surface area contributed by atoms with Crippen molar-refractivity contribution in [2.24, 2.45) is 10.9 Å². The third kappa shape index (κ3) is 3.70. The first-order chi connectivity index (χ1) is 14.1. The molecule has 2 heterocycles. The fourth-order valence-corrected chi connectivity index (χ4v) is 4.28. The number of aromatic nitrogens is 3. The molecule has 1 fully saturated rings. The first-order valence-electron chi connectivity index (χ1n) is 9.81. The highest BCUT2D eigenvalue weighted by Gasteiger charge is 2.26. The highest BCUT2D eigenvalue weighted by atomic mass is 35.5. The first kappa shape index (κ1) is 18.8. The van der Waals surface area contributed by atoms with Crippen LogP contribution in [-0.4, -0.2) is 39.0 Å². The molecule has 7 heteroatoms. The van der Waals surface area contributed by atoms with E-state index < -0.39 is 0 Å². The number of benzene rings is 2. The normalized spacial score (nSPS) is 15.7. The Morgan fingerprint density at radius 2 is 1.90 bits per heavy atom. The summed E-state index contributed by atoms with van der Waals surface area (Å²) >= 11 is 12.9. The molecule has 1 aliphatic heterocycles. The number of fused-ring (bicyclic) bond motifs is 3. The molecule has 0 atom stereocenters. The SMILES string of the molecule is CN(Cc1nnc2n1-c1cc(Cl)ccc1C(c1ccccc1Cl)=NC2)CC1CC1. The number of nitrogens with zero attached hydrogens (tertiary/aromatic N) is 5. The van der Waals surface area contributed by atoms with Gasteiger partial charge in [-0.1, -0.05) is 41.4 Å². The van der Waals surface area contributed by atoms with E-state index in [1.54, 1.807) is 0 Å². The van der Waals surface area contributed by atoms with Crippen LogP contribution >= 0.6 is 23.2 Å². The Kier molecular flexibility index (Phi) is 4.90. The topological polar surface area (TPSA) is 46.3 Å². The quantitative estimate of drug-likeness (QED) is 0.591. The minimum Gasteiger partial charge on any atom is -0.299 e. The van der Waals surface area contributed by atoms with Gasteiger partial charge in [-0.2, -0.15) is 0 Å². The number of rotatable bonds is 5. The average molecular weight is 426 g/mol. The van der Waals surface area contributed by atoms with E-state index in [4.69, 9.17) is 28.2 Å². The van der Waals surface area contributed by atoms with Gasteiger partial charge in [-0.25, -0.2) is 0 Å². The molecule has 3 aromatic rings. The second-order valence-electron chi connectivity index (χ2n) is 7.81. The maximum Gasteiger partial charge on any atom is 0.159 e. The minimum absolute atomic E-state index is 0.437. The van der Waals surface area contributed by atoms with Crippen molar-refractivity contribution in [3.8, 4) is 5.69 Å². The standard InChI is InChI=1S/C22H21Cl2N5/c1-28(12-14-6-7-14)13-21-27-26-20-11-25-22(16-4-2-3-5-18(16)24)17-9-8-15(23)10-19(17)29(20)21/h2-5,8-10,14H,6-7,11-13H2,1H3. The molecule has 5 nitrogen and oxygen atoms in total. The number of hydrogen-bond donors (Lipinski definition) is 0. The van der Waals surface area contributed by atoms with Gasteiger partial charge in [0.15, 0.2) is 11.6 Å². The lowest BCUT2D eigenvalue weighted by molar-refractivity contribution is 0.303. The molecule has 0 bridgehead atoms. The van der Waals surface area contributed by atoms with Crippen molar-refractivity contribution in [2.45, 2.75) is 25.9 Å². The molecule has 2 aromatic carbocycles. The van der Waals surface area contributed by atoms with Gasteiger partial charge >= 0.3 is 0 Å². The molecule has 1 aliphatic carbocycles. The molecule has 148 valence electrons. The fourth-order valence-electron chi connectivity index (χ4n) is 3.89. The van der Waals surface area contributed by atoms with Crippen LogP contribution in [-0.2, 0) is 13.1 Å².